The van der Waals surface area contributed by atoms with Crippen molar-refractivity contribution in [1.82, 2.24) is 0 Å². The predicted octanol–water partition coefficient (Wildman–Crippen LogP) is 7.61. The van der Waals surface area contributed by atoms with Gasteiger partial charge in [0.2, 0.25) is 0 Å². The molecule has 0 heterocycles. The lowest BCUT2D eigenvalue weighted by molar-refractivity contribution is 0.363. The van der Waals surface area contributed by atoms with Gasteiger partial charge in [-0.25, -0.2) is 0 Å². The standard InChI is InChI=1S/C26H34S/c1-5-13-23(14-6-1)21-25(17-9-3-10-18-25)27-26(19-11-4-12-20-26)22-24-15-7-2-8-16-24/h1-2,5-8,13-16H,3-4,9-12,17-22H2. The molecule has 0 unspecified atom stereocenters. The second kappa shape index (κ2) is 8.86. The molecule has 0 spiro atoms. The third-order valence-electron chi connectivity index (χ3n) is 6.70. The fraction of sp³-hybridized carbons (Fsp3) is 0.538. The highest BCUT2D eigenvalue weighted by Crippen LogP contribution is 2.54. The molecule has 0 bridgehead atoms. The maximum atomic E-state index is 2.43. The molecule has 0 atom stereocenters. The molecule has 0 saturated heterocycles. The summed E-state index contributed by atoms with van der Waals surface area (Å²) in [6.45, 7) is 0. The monoisotopic (exact) mass is 378 g/mol. The Kier molecular flexibility index (Phi) is 6.28. The van der Waals surface area contributed by atoms with Crippen LogP contribution in [0.25, 0.3) is 0 Å². The molecule has 0 aromatic heterocycles. The van der Waals surface area contributed by atoms with Crippen molar-refractivity contribution in [2.75, 3.05) is 0 Å². The second-order valence-electron chi connectivity index (χ2n) is 8.91. The summed E-state index contributed by atoms with van der Waals surface area (Å²) in [7, 11) is 0. The van der Waals surface area contributed by atoms with Crippen LogP contribution in [0.3, 0.4) is 0 Å². The van der Waals surface area contributed by atoms with E-state index in [-0.39, 0.29) is 0 Å². The summed E-state index contributed by atoms with van der Waals surface area (Å²) < 4.78 is 0.900. The van der Waals surface area contributed by atoms with Crippen molar-refractivity contribution >= 4 is 11.8 Å². The maximum absolute atomic E-state index is 2.43. The van der Waals surface area contributed by atoms with Gasteiger partial charge in [0.15, 0.2) is 0 Å². The van der Waals surface area contributed by atoms with Gasteiger partial charge < -0.3 is 0 Å². The average Bonchev–Trinajstić information content (AvgIpc) is 2.70. The Morgan fingerprint density at radius 3 is 1.26 bits per heavy atom. The van der Waals surface area contributed by atoms with E-state index in [1.54, 1.807) is 0 Å². The molecule has 2 saturated carbocycles. The topological polar surface area (TPSA) is 0 Å². The highest BCUT2D eigenvalue weighted by molar-refractivity contribution is 8.02. The summed E-state index contributed by atoms with van der Waals surface area (Å²) in [5.74, 6) is 0. The second-order valence-corrected chi connectivity index (χ2v) is 10.9. The van der Waals surface area contributed by atoms with Gasteiger partial charge in [0, 0.05) is 9.49 Å². The zero-order chi connectivity index (χ0) is 18.4. The number of rotatable bonds is 6. The van der Waals surface area contributed by atoms with Gasteiger partial charge in [-0.15, -0.1) is 11.8 Å². The van der Waals surface area contributed by atoms with E-state index in [2.05, 4.69) is 72.4 Å². The van der Waals surface area contributed by atoms with Gasteiger partial charge in [-0.3, -0.25) is 0 Å². The Labute approximate surface area is 170 Å². The predicted molar refractivity (Wildman–Crippen MR) is 120 cm³/mol. The van der Waals surface area contributed by atoms with E-state index in [0.717, 1.165) is 0 Å². The molecule has 0 amide bonds. The van der Waals surface area contributed by atoms with E-state index < -0.39 is 0 Å². The normalized spacial score (nSPS) is 21.6. The Bertz CT molecular complexity index is 617. The Morgan fingerprint density at radius 1 is 0.519 bits per heavy atom. The molecule has 2 aromatic carbocycles. The van der Waals surface area contributed by atoms with Gasteiger partial charge in [-0.2, -0.15) is 0 Å². The fourth-order valence-electron chi connectivity index (χ4n) is 5.42. The van der Waals surface area contributed by atoms with Crippen molar-refractivity contribution in [3.8, 4) is 0 Å². The molecular weight excluding hydrogens is 344 g/mol. The smallest absolute Gasteiger partial charge is 0.0206 e. The van der Waals surface area contributed by atoms with E-state index in [1.165, 1.54) is 88.2 Å². The van der Waals surface area contributed by atoms with Crippen LogP contribution >= 0.6 is 11.8 Å². The van der Waals surface area contributed by atoms with Crippen molar-refractivity contribution in [1.29, 1.82) is 0 Å². The highest BCUT2D eigenvalue weighted by atomic mass is 32.2. The highest BCUT2D eigenvalue weighted by Gasteiger charge is 2.43. The van der Waals surface area contributed by atoms with Gasteiger partial charge >= 0.3 is 0 Å². The van der Waals surface area contributed by atoms with E-state index in [1.807, 2.05) is 0 Å². The van der Waals surface area contributed by atoms with E-state index >= 15 is 0 Å². The first-order valence-corrected chi connectivity index (χ1v) is 11.9. The molecule has 144 valence electrons. The zero-order valence-electron chi connectivity index (χ0n) is 16.7. The summed E-state index contributed by atoms with van der Waals surface area (Å²) in [6, 6.07) is 22.6. The van der Waals surface area contributed by atoms with E-state index in [9.17, 15) is 0 Å². The van der Waals surface area contributed by atoms with E-state index in [0.29, 0.717) is 9.49 Å². The van der Waals surface area contributed by atoms with Crippen LogP contribution in [0.15, 0.2) is 60.7 Å². The van der Waals surface area contributed by atoms with Crippen LogP contribution in [-0.4, -0.2) is 9.49 Å². The molecule has 0 aliphatic heterocycles. The van der Waals surface area contributed by atoms with Crippen LogP contribution in [0.1, 0.15) is 75.3 Å². The van der Waals surface area contributed by atoms with Gasteiger partial charge in [0.1, 0.15) is 0 Å². The first-order valence-electron chi connectivity index (χ1n) is 11.1. The largest absolute Gasteiger partial charge is 0.148 e. The molecule has 4 rings (SSSR count). The van der Waals surface area contributed by atoms with Gasteiger partial charge in [0.05, 0.1) is 0 Å². The Hall–Kier alpha value is -1.21. The molecule has 27 heavy (non-hydrogen) atoms. The quantitative estimate of drug-likeness (QED) is 0.498. The fourth-order valence-corrected chi connectivity index (χ4v) is 7.80. The van der Waals surface area contributed by atoms with Crippen molar-refractivity contribution in [2.24, 2.45) is 0 Å². The number of benzene rings is 2. The van der Waals surface area contributed by atoms with Gasteiger partial charge in [0.25, 0.3) is 0 Å². The van der Waals surface area contributed by atoms with Crippen LogP contribution < -0.4 is 0 Å². The summed E-state index contributed by atoms with van der Waals surface area (Å²) in [6.07, 6.45) is 16.7. The summed E-state index contributed by atoms with van der Waals surface area (Å²) in [5, 5.41) is 0. The van der Waals surface area contributed by atoms with Gasteiger partial charge in [-0.05, 0) is 49.7 Å². The lowest BCUT2D eigenvalue weighted by atomic mass is 9.82. The number of hydrogen-bond acceptors (Lipinski definition) is 1. The summed E-state index contributed by atoms with van der Waals surface area (Å²) >= 11 is 2.43. The molecule has 2 aliphatic carbocycles. The first kappa shape index (κ1) is 19.1. The van der Waals surface area contributed by atoms with Crippen LogP contribution in [0.5, 0.6) is 0 Å². The Morgan fingerprint density at radius 2 is 0.889 bits per heavy atom. The number of hydrogen-bond donors (Lipinski definition) is 0. The molecule has 0 N–H and O–H groups in total. The molecule has 2 aromatic rings. The minimum Gasteiger partial charge on any atom is -0.148 e. The van der Waals surface area contributed by atoms with Crippen molar-refractivity contribution in [2.45, 2.75) is 86.5 Å². The van der Waals surface area contributed by atoms with Crippen LogP contribution in [0, 0.1) is 0 Å². The SMILES string of the molecule is c1ccc(CC2(SC3(Cc4ccccc4)CCCCC3)CCCCC2)cc1. The van der Waals surface area contributed by atoms with Crippen molar-refractivity contribution in [3.05, 3.63) is 71.8 Å². The average molecular weight is 379 g/mol. The molecule has 2 fully saturated rings. The van der Waals surface area contributed by atoms with Crippen LogP contribution in [-0.2, 0) is 12.8 Å². The Balaban J connectivity index is 1.59. The maximum Gasteiger partial charge on any atom is 0.0206 e. The molecular formula is C26H34S. The molecule has 2 aliphatic rings. The summed E-state index contributed by atoms with van der Waals surface area (Å²) in [4.78, 5) is 0. The molecule has 0 radical (unpaired) electrons. The van der Waals surface area contributed by atoms with E-state index in [4.69, 9.17) is 0 Å². The van der Waals surface area contributed by atoms with Crippen molar-refractivity contribution in [3.63, 3.8) is 0 Å². The third kappa shape index (κ3) is 4.99. The lowest BCUT2D eigenvalue weighted by Gasteiger charge is -2.47. The lowest BCUT2D eigenvalue weighted by Crippen LogP contribution is -2.41. The third-order valence-corrected chi connectivity index (χ3v) is 8.67. The minimum absolute atomic E-state index is 0.450. The van der Waals surface area contributed by atoms with Gasteiger partial charge in [-0.1, -0.05) is 99.2 Å². The van der Waals surface area contributed by atoms with Crippen LogP contribution in [0.2, 0.25) is 0 Å². The minimum atomic E-state index is 0.450. The molecule has 0 nitrogen and oxygen atoms in total. The first-order chi connectivity index (χ1) is 13.3. The number of thioether (sulfide) groups is 1. The summed E-state index contributed by atoms with van der Waals surface area (Å²) in [5.41, 5.74) is 3.08. The van der Waals surface area contributed by atoms with Crippen molar-refractivity contribution < 1.29 is 0 Å². The zero-order valence-corrected chi connectivity index (χ0v) is 17.5. The van der Waals surface area contributed by atoms with Crippen LogP contribution in [0.4, 0.5) is 0 Å². The molecule has 1 heteroatoms.